The number of hydrogen-bond acceptors (Lipinski definition) is 2. The first kappa shape index (κ1) is 11.5. The summed E-state index contributed by atoms with van der Waals surface area (Å²) in [5.41, 5.74) is 0.0911. The minimum absolute atomic E-state index is 0.429. The Hall–Kier alpha value is -2.32. The lowest BCUT2D eigenvalue weighted by Crippen LogP contribution is -1.96. The highest BCUT2D eigenvalue weighted by molar-refractivity contribution is 6.38. The van der Waals surface area contributed by atoms with Crippen LogP contribution in [0.3, 0.4) is 0 Å². The third-order valence-electron chi connectivity index (χ3n) is 3.57. The quantitative estimate of drug-likeness (QED) is 0.344. The van der Waals surface area contributed by atoms with E-state index in [0.717, 1.165) is 26.9 Å². The predicted molar refractivity (Wildman–Crippen MR) is 82.5 cm³/mol. The second-order valence-electron chi connectivity index (χ2n) is 4.74. The van der Waals surface area contributed by atoms with Crippen LogP contribution in [0.4, 0.5) is 0 Å². The van der Waals surface area contributed by atoms with Gasteiger partial charge < -0.3 is 4.42 Å². The Labute approximate surface area is 119 Å². The van der Waals surface area contributed by atoms with Crippen molar-refractivity contribution in [3.05, 3.63) is 70.0 Å². The van der Waals surface area contributed by atoms with E-state index in [1.165, 1.54) is 6.07 Å². The summed E-state index contributed by atoms with van der Waals surface area (Å²) < 4.78 is 5.26. The molecule has 0 radical (unpaired) electrons. The first-order valence-corrected chi connectivity index (χ1v) is 6.66. The van der Waals surface area contributed by atoms with Gasteiger partial charge in [-0.3, -0.25) is 0 Å². The summed E-state index contributed by atoms with van der Waals surface area (Å²) >= 11 is 6.28. The lowest BCUT2D eigenvalue weighted by molar-refractivity contribution is 0.561. The first-order valence-electron chi connectivity index (χ1n) is 6.28. The Kier molecular flexibility index (Phi) is 2.35. The van der Waals surface area contributed by atoms with Crippen LogP contribution in [0.25, 0.3) is 32.5 Å². The zero-order chi connectivity index (χ0) is 13.7. The maximum Gasteiger partial charge on any atom is 0.337 e. The largest absolute Gasteiger partial charge is 0.423 e. The fraction of sp³-hybridized carbons (Fsp3) is 0. The average Bonchev–Trinajstić information content (AvgIpc) is 2.46. The molecule has 0 aliphatic carbocycles. The van der Waals surface area contributed by atoms with Gasteiger partial charge in [-0.25, -0.2) is 4.79 Å². The van der Waals surface area contributed by atoms with Gasteiger partial charge in [-0.15, -0.1) is 0 Å². The van der Waals surface area contributed by atoms with Gasteiger partial charge in [0.05, 0.1) is 5.02 Å². The Morgan fingerprint density at radius 2 is 1.60 bits per heavy atom. The van der Waals surface area contributed by atoms with Crippen LogP contribution in [0.2, 0.25) is 5.02 Å². The van der Waals surface area contributed by atoms with Gasteiger partial charge in [-0.05, 0) is 22.2 Å². The lowest BCUT2D eigenvalue weighted by atomic mass is 9.99. The molecule has 0 aliphatic heterocycles. The van der Waals surface area contributed by atoms with E-state index >= 15 is 0 Å². The van der Waals surface area contributed by atoms with Gasteiger partial charge in [0.2, 0.25) is 0 Å². The van der Waals surface area contributed by atoms with E-state index < -0.39 is 5.63 Å². The Morgan fingerprint density at radius 1 is 0.850 bits per heavy atom. The zero-order valence-corrected chi connectivity index (χ0v) is 11.1. The number of rotatable bonds is 0. The minimum atomic E-state index is -0.429. The first-order chi connectivity index (χ1) is 9.74. The third kappa shape index (κ3) is 1.55. The molecule has 96 valence electrons. The zero-order valence-electron chi connectivity index (χ0n) is 10.4. The molecule has 3 heteroatoms. The average molecular weight is 281 g/mol. The van der Waals surface area contributed by atoms with Crippen molar-refractivity contribution >= 4 is 44.1 Å². The summed E-state index contributed by atoms with van der Waals surface area (Å²) in [7, 11) is 0. The van der Waals surface area contributed by atoms with Crippen molar-refractivity contribution in [1.82, 2.24) is 0 Å². The molecule has 0 unspecified atom stereocenters. The van der Waals surface area contributed by atoms with Crippen LogP contribution in [0.15, 0.2) is 63.8 Å². The second kappa shape index (κ2) is 4.09. The van der Waals surface area contributed by atoms with Gasteiger partial charge in [-0.1, -0.05) is 54.1 Å². The van der Waals surface area contributed by atoms with Crippen molar-refractivity contribution in [2.24, 2.45) is 0 Å². The van der Waals surface area contributed by atoms with E-state index in [-0.39, 0.29) is 0 Å². The maximum atomic E-state index is 11.5. The number of hydrogen-bond donors (Lipinski definition) is 0. The van der Waals surface area contributed by atoms with Crippen molar-refractivity contribution in [1.29, 1.82) is 0 Å². The molecule has 20 heavy (non-hydrogen) atoms. The van der Waals surface area contributed by atoms with E-state index in [2.05, 4.69) is 24.3 Å². The molecule has 0 saturated heterocycles. The highest BCUT2D eigenvalue weighted by Crippen LogP contribution is 2.34. The van der Waals surface area contributed by atoms with Gasteiger partial charge in [0, 0.05) is 16.8 Å². The number of benzene rings is 3. The van der Waals surface area contributed by atoms with Crippen LogP contribution >= 0.6 is 11.6 Å². The van der Waals surface area contributed by atoms with Gasteiger partial charge in [0.15, 0.2) is 0 Å². The van der Waals surface area contributed by atoms with E-state index in [4.69, 9.17) is 16.0 Å². The molecule has 0 aliphatic rings. The van der Waals surface area contributed by atoms with Crippen molar-refractivity contribution < 1.29 is 4.42 Å². The minimum Gasteiger partial charge on any atom is -0.423 e. The van der Waals surface area contributed by atoms with Crippen LogP contribution in [-0.4, -0.2) is 0 Å². The van der Waals surface area contributed by atoms with Gasteiger partial charge in [-0.2, -0.15) is 0 Å². The molecule has 1 heterocycles. The molecular formula is C17H9ClO2. The van der Waals surface area contributed by atoms with Crippen molar-refractivity contribution in [2.45, 2.75) is 0 Å². The molecule has 3 aromatic carbocycles. The highest BCUT2D eigenvalue weighted by Gasteiger charge is 2.10. The summed E-state index contributed by atoms with van der Waals surface area (Å²) in [6.07, 6.45) is 0. The molecule has 0 spiro atoms. The Bertz CT molecular complexity index is 1030. The van der Waals surface area contributed by atoms with E-state index in [1.807, 2.05) is 18.2 Å². The van der Waals surface area contributed by atoms with Crippen molar-refractivity contribution in [2.75, 3.05) is 0 Å². The van der Waals surface area contributed by atoms with E-state index in [1.54, 1.807) is 6.07 Å². The molecule has 0 bridgehead atoms. The summed E-state index contributed by atoms with van der Waals surface area (Å²) in [5.74, 6) is 0. The third-order valence-corrected chi connectivity index (χ3v) is 3.86. The van der Waals surface area contributed by atoms with E-state index in [9.17, 15) is 4.79 Å². The van der Waals surface area contributed by atoms with Gasteiger partial charge >= 0.3 is 5.63 Å². The summed E-state index contributed by atoms with van der Waals surface area (Å²) in [6.45, 7) is 0. The molecule has 2 nitrogen and oxygen atoms in total. The van der Waals surface area contributed by atoms with E-state index in [0.29, 0.717) is 10.6 Å². The summed E-state index contributed by atoms with van der Waals surface area (Å²) in [5, 5.41) is 5.56. The van der Waals surface area contributed by atoms with Crippen LogP contribution in [0, 0.1) is 0 Å². The van der Waals surface area contributed by atoms with Crippen LogP contribution < -0.4 is 5.63 Å². The van der Waals surface area contributed by atoms with Crippen LogP contribution in [-0.2, 0) is 0 Å². The number of fused-ring (bicyclic) bond motifs is 5. The highest BCUT2D eigenvalue weighted by atomic mass is 35.5. The molecule has 0 amide bonds. The normalized spacial score (nSPS) is 11.4. The van der Waals surface area contributed by atoms with Crippen molar-refractivity contribution in [3.63, 3.8) is 0 Å². The molecular weight excluding hydrogens is 272 g/mol. The molecule has 1 aromatic heterocycles. The lowest BCUT2D eigenvalue weighted by Gasteiger charge is -2.08. The Morgan fingerprint density at radius 3 is 2.50 bits per heavy atom. The molecule has 0 N–H and O–H groups in total. The van der Waals surface area contributed by atoms with Gasteiger partial charge in [0.1, 0.15) is 5.58 Å². The standard InChI is InChI=1S/C17H9ClO2/c18-13-9-15(19)20-14-8-7-11-6-5-10-3-1-2-4-12(10)16(11)17(13)14/h1-9H. The van der Waals surface area contributed by atoms with Gasteiger partial charge in [0.25, 0.3) is 0 Å². The fourth-order valence-electron chi connectivity index (χ4n) is 2.71. The van der Waals surface area contributed by atoms with Crippen molar-refractivity contribution in [3.8, 4) is 0 Å². The topological polar surface area (TPSA) is 30.2 Å². The second-order valence-corrected chi connectivity index (χ2v) is 5.14. The molecule has 0 atom stereocenters. The molecule has 4 aromatic rings. The molecule has 0 fully saturated rings. The van der Waals surface area contributed by atoms with Crippen LogP contribution in [0.1, 0.15) is 0 Å². The maximum absolute atomic E-state index is 11.5. The monoisotopic (exact) mass is 280 g/mol. The number of halogens is 1. The smallest absolute Gasteiger partial charge is 0.337 e. The molecule has 4 rings (SSSR count). The molecule has 0 saturated carbocycles. The summed E-state index contributed by atoms with van der Waals surface area (Å²) in [6, 6.07) is 17.3. The fourth-order valence-corrected chi connectivity index (χ4v) is 2.99. The SMILES string of the molecule is O=c1cc(Cl)c2c(ccc3ccc4ccccc4c32)o1. The predicted octanol–water partition coefficient (Wildman–Crippen LogP) is 4.75. The summed E-state index contributed by atoms with van der Waals surface area (Å²) in [4.78, 5) is 11.5. The van der Waals surface area contributed by atoms with Crippen LogP contribution in [0.5, 0.6) is 0 Å². The Balaban J connectivity index is 2.40.